The number of likely N-dealkylation sites (N-methyl/N-ethyl adjacent to an activating group) is 1. The number of rotatable bonds is 5. The third-order valence-electron chi connectivity index (χ3n) is 3.09. The predicted molar refractivity (Wildman–Crippen MR) is 67.8 cm³/mol. The van der Waals surface area contributed by atoms with Gasteiger partial charge in [-0.3, -0.25) is 9.88 Å². The van der Waals surface area contributed by atoms with Crippen LogP contribution < -0.4 is 5.32 Å². The minimum Gasteiger partial charge on any atom is -0.374 e. The SMILES string of the molecule is CCN1CCOC(CNCc2cccnc2)C1. The van der Waals surface area contributed by atoms with Crippen LogP contribution in [0.2, 0.25) is 0 Å². The molecular formula is C13H21N3O. The smallest absolute Gasteiger partial charge is 0.0826 e. The minimum atomic E-state index is 0.320. The first kappa shape index (κ1) is 12.5. The summed E-state index contributed by atoms with van der Waals surface area (Å²) in [6.45, 7) is 8.04. The second-order valence-corrected chi connectivity index (χ2v) is 4.38. The monoisotopic (exact) mass is 235 g/mol. The van der Waals surface area contributed by atoms with Gasteiger partial charge in [0, 0.05) is 38.6 Å². The molecule has 1 fully saturated rings. The van der Waals surface area contributed by atoms with Crippen LogP contribution in [0.1, 0.15) is 12.5 Å². The zero-order chi connectivity index (χ0) is 11.9. The second-order valence-electron chi connectivity index (χ2n) is 4.38. The summed E-state index contributed by atoms with van der Waals surface area (Å²) in [6, 6.07) is 4.05. The molecule has 1 aromatic heterocycles. The Hall–Kier alpha value is -0.970. The highest BCUT2D eigenvalue weighted by atomic mass is 16.5. The average Bonchev–Trinajstić information content (AvgIpc) is 2.40. The van der Waals surface area contributed by atoms with Crippen LogP contribution in [0.25, 0.3) is 0 Å². The Labute approximate surface area is 103 Å². The van der Waals surface area contributed by atoms with Gasteiger partial charge in [0.25, 0.3) is 0 Å². The quantitative estimate of drug-likeness (QED) is 0.822. The van der Waals surface area contributed by atoms with Crippen LogP contribution in [-0.4, -0.2) is 48.8 Å². The van der Waals surface area contributed by atoms with Crippen molar-refractivity contribution in [3.8, 4) is 0 Å². The van der Waals surface area contributed by atoms with Gasteiger partial charge in [-0.25, -0.2) is 0 Å². The molecule has 0 aliphatic carbocycles. The topological polar surface area (TPSA) is 37.4 Å². The molecule has 4 heteroatoms. The first-order valence-electron chi connectivity index (χ1n) is 6.32. The molecule has 1 saturated heterocycles. The Morgan fingerprint density at radius 2 is 2.53 bits per heavy atom. The van der Waals surface area contributed by atoms with E-state index in [2.05, 4.69) is 28.2 Å². The highest BCUT2D eigenvalue weighted by Gasteiger charge is 2.18. The summed E-state index contributed by atoms with van der Waals surface area (Å²) in [5.74, 6) is 0. The van der Waals surface area contributed by atoms with Crippen molar-refractivity contribution < 1.29 is 4.74 Å². The van der Waals surface area contributed by atoms with Crippen molar-refractivity contribution in [2.45, 2.75) is 19.6 Å². The number of hydrogen-bond donors (Lipinski definition) is 1. The molecule has 0 radical (unpaired) electrons. The van der Waals surface area contributed by atoms with Gasteiger partial charge < -0.3 is 10.1 Å². The highest BCUT2D eigenvalue weighted by molar-refractivity contribution is 5.07. The summed E-state index contributed by atoms with van der Waals surface area (Å²) in [4.78, 5) is 6.53. The van der Waals surface area contributed by atoms with Gasteiger partial charge in [0.1, 0.15) is 0 Å². The molecular weight excluding hydrogens is 214 g/mol. The molecule has 17 heavy (non-hydrogen) atoms. The molecule has 2 heterocycles. The molecule has 0 spiro atoms. The van der Waals surface area contributed by atoms with Gasteiger partial charge in [-0.2, -0.15) is 0 Å². The van der Waals surface area contributed by atoms with Gasteiger partial charge in [-0.05, 0) is 18.2 Å². The number of nitrogens with zero attached hydrogens (tertiary/aromatic N) is 2. The molecule has 2 rings (SSSR count). The summed E-state index contributed by atoms with van der Waals surface area (Å²) in [5.41, 5.74) is 1.22. The third-order valence-corrected chi connectivity index (χ3v) is 3.09. The number of ether oxygens (including phenoxy) is 1. The van der Waals surface area contributed by atoms with E-state index in [1.54, 1.807) is 6.20 Å². The summed E-state index contributed by atoms with van der Waals surface area (Å²) in [5, 5.41) is 3.42. The molecule has 0 bridgehead atoms. The van der Waals surface area contributed by atoms with E-state index in [4.69, 9.17) is 4.74 Å². The lowest BCUT2D eigenvalue weighted by molar-refractivity contribution is -0.0253. The Morgan fingerprint density at radius 3 is 3.29 bits per heavy atom. The maximum atomic E-state index is 5.73. The summed E-state index contributed by atoms with van der Waals surface area (Å²) in [7, 11) is 0. The molecule has 94 valence electrons. The van der Waals surface area contributed by atoms with E-state index in [0.29, 0.717) is 6.10 Å². The lowest BCUT2D eigenvalue weighted by atomic mass is 10.2. The molecule has 1 atom stereocenters. The van der Waals surface area contributed by atoms with Gasteiger partial charge in [-0.1, -0.05) is 13.0 Å². The van der Waals surface area contributed by atoms with Gasteiger partial charge in [0.15, 0.2) is 0 Å². The Kier molecular flexibility index (Phi) is 4.91. The number of pyridine rings is 1. The van der Waals surface area contributed by atoms with Crippen molar-refractivity contribution in [1.82, 2.24) is 15.2 Å². The van der Waals surface area contributed by atoms with Crippen molar-refractivity contribution in [3.05, 3.63) is 30.1 Å². The van der Waals surface area contributed by atoms with E-state index >= 15 is 0 Å². The van der Waals surface area contributed by atoms with Crippen molar-refractivity contribution in [3.63, 3.8) is 0 Å². The van der Waals surface area contributed by atoms with Crippen molar-refractivity contribution in [2.24, 2.45) is 0 Å². The Bertz CT molecular complexity index is 318. The fourth-order valence-corrected chi connectivity index (χ4v) is 2.07. The van der Waals surface area contributed by atoms with Crippen LogP contribution >= 0.6 is 0 Å². The van der Waals surface area contributed by atoms with E-state index in [1.165, 1.54) is 5.56 Å². The van der Waals surface area contributed by atoms with E-state index in [-0.39, 0.29) is 0 Å². The number of aromatic nitrogens is 1. The molecule has 0 amide bonds. The van der Waals surface area contributed by atoms with Crippen LogP contribution in [-0.2, 0) is 11.3 Å². The molecule has 0 aromatic carbocycles. The number of morpholine rings is 1. The van der Waals surface area contributed by atoms with Crippen LogP contribution in [0, 0.1) is 0 Å². The molecule has 1 aromatic rings. The zero-order valence-corrected chi connectivity index (χ0v) is 10.4. The number of nitrogens with one attached hydrogen (secondary N) is 1. The molecule has 0 saturated carbocycles. The molecule has 1 aliphatic heterocycles. The zero-order valence-electron chi connectivity index (χ0n) is 10.4. The molecule has 1 unspecified atom stereocenters. The Balaban J connectivity index is 1.68. The fraction of sp³-hybridized carbons (Fsp3) is 0.615. The largest absolute Gasteiger partial charge is 0.374 e. The predicted octanol–water partition coefficient (Wildman–Crippen LogP) is 0.892. The first-order valence-corrected chi connectivity index (χ1v) is 6.32. The molecule has 1 aliphatic rings. The van der Waals surface area contributed by atoms with Gasteiger partial charge in [-0.15, -0.1) is 0 Å². The van der Waals surface area contributed by atoms with Crippen molar-refractivity contribution in [1.29, 1.82) is 0 Å². The normalized spacial score (nSPS) is 21.6. The van der Waals surface area contributed by atoms with E-state index in [1.807, 2.05) is 12.3 Å². The highest BCUT2D eigenvalue weighted by Crippen LogP contribution is 2.04. The van der Waals surface area contributed by atoms with Crippen LogP contribution in [0.3, 0.4) is 0 Å². The van der Waals surface area contributed by atoms with Crippen LogP contribution in [0.15, 0.2) is 24.5 Å². The average molecular weight is 235 g/mol. The van der Waals surface area contributed by atoms with Crippen molar-refractivity contribution >= 4 is 0 Å². The minimum absolute atomic E-state index is 0.320. The van der Waals surface area contributed by atoms with Crippen molar-refractivity contribution in [2.75, 3.05) is 32.8 Å². The summed E-state index contributed by atoms with van der Waals surface area (Å²) in [6.07, 6.45) is 4.01. The van der Waals surface area contributed by atoms with Gasteiger partial charge >= 0.3 is 0 Å². The summed E-state index contributed by atoms with van der Waals surface area (Å²) < 4.78 is 5.73. The second kappa shape index (κ2) is 6.69. The first-order chi connectivity index (χ1) is 8.38. The maximum absolute atomic E-state index is 5.73. The lowest BCUT2D eigenvalue weighted by Gasteiger charge is -2.32. The van der Waals surface area contributed by atoms with Crippen LogP contribution in [0.5, 0.6) is 0 Å². The molecule has 4 nitrogen and oxygen atoms in total. The van der Waals surface area contributed by atoms with Gasteiger partial charge in [0.2, 0.25) is 0 Å². The van der Waals surface area contributed by atoms with Crippen LogP contribution in [0.4, 0.5) is 0 Å². The van der Waals surface area contributed by atoms with E-state index in [9.17, 15) is 0 Å². The van der Waals surface area contributed by atoms with E-state index in [0.717, 1.165) is 39.3 Å². The summed E-state index contributed by atoms with van der Waals surface area (Å²) >= 11 is 0. The third kappa shape index (κ3) is 4.07. The lowest BCUT2D eigenvalue weighted by Crippen LogP contribution is -2.46. The fourth-order valence-electron chi connectivity index (χ4n) is 2.07. The standard InChI is InChI=1S/C13H21N3O/c1-2-16-6-7-17-13(11-16)10-15-9-12-4-3-5-14-8-12/h3-5,8,13,15H,2,6-7,9-11H2,1H3. The Morgan fingerprint density at radius 1 is 1.59 bits per heavy atom. The number of hydrogen-bond acceptors (Lipinski definition) is 4. The van der Waals surface area contributed by atoms with E-state index < -0.39 is 0 Å². The van der Waals surface area contributed by atoms with Gasteiger partial charge in [0.05, 0.1) is 12.7 Å². The molecule has 1 N–H and O–H groups in total. The maximum Gasteiger partial charge on any atom is 0.0826 e.